The van der Waals surface area contributed by atoms with Crippen molar-refractivity contribution in [3.63, 3.8) is 0 Å². The van der Waals surface area contributed by atoms with Crippen LogP contribution >= 0.6 is 15.9 Å². The Bertz CT molecular complexity index is 846. The minimum absolute atomic E-state index is 0.214. The van der Waals surface area contributed by atoms with Crippen molar-refractivity contribution in [3.05, 3.63) is 59.7 Å². The summed E-state index contributed by atoms with van der Waals surface area (Å²) in [7, 11) is -3.70. The highest BCUT2D eigenvalue weighted by molar-refractivity contribution is 9.09. The van der Waals surface area contributed by atoms with Gasteiger partial charge in [0.25, 0.3) is 10.0 Å². The van der Waals surface area contributed by atoms with Crippen LogP contribution in [0.15, 0.2) is 53.4 Å². The first-order chi connectivity index (χ1) is 12.3. The number of hydrogen-bond donors (Lipinski definition) is 0. The number of alkyl halides is 1. The van der Waals surface area contributed by atoms with E-state index in [1.807, 2.05) is 6.92 Å². The van der Waals surface area contributed by atoms with Gasteiger partial charge >= 0.3 is 5.97 Å². The topological polar surface area (TPSA) is 63.7 Å². The first-order valence-corrected chi connectivity index (χ1v) is 10.8. The van der Waals surface area contributed by atoms with E-state index in [0.29, 0.717) is 16.6 Å². The normalized spacial score (nSPS) is 11.4. The number of rotatable bonds is 7. The Morgan fingerprint density at radius 2 is 1.65 bits per heavy atom. The van der Waals surface area contributed by atoms with Crippen molar-refractivity contribution >= 4 is 37.6 Å². The largest absolute Gasteiger partial charge is 0.459 e. The van der Waals surface area contributed by atoms with Crippen LogP contribution in [0.2, 0.25) is 0 Å². The van der Waals surface area contributed by atoms with Crippen LogP contribution in [0.25, 0.3) is 0 Å². The van der Waals surface area contributed by atoms with E-state index in [9.17, 15) is 13.2 Å². The van der Waals surface area contributed by atoms with Crippen LogP contribution in [0.3, 0.4) is 0 Å². The van der Waals surface area contributed by atoms with Crippen molar-refractivity contribution in [1.29, 1.82) is 0 Å². The highest BCUT2D eigenvalue weighted by Gasteiger charge is 2.24. The summed E-state index contributed by atoms with van der Waals surface area (Å²) in [5.41, 5.74) is 1.86. The molecule has 0 heterocycles. The van der Waals surface area contributed by atoms with Gasteiger partial charge in [0.15, 0.2) is 0 Å². The molecule has 26 heavy (non-hydrogen) atoms. The summed E-state index contributed by atoms with van der Waals surface area (Å²) in [5.74, 6) is -0.431. The Labute approximate surface area is 163 Å². The molecule has 7 heteroatoms. The molecule has 0 spiro atoms. The van der Waals surface area contributed by atoms with E-state index in [1.54, 1.807) is 62.4 Å². The zero-order valence-electron chi connectivity index (χ0n) is 15.0. The monoisotopic (exact) mass is 439 g/mol. The fraction of sp³-hybridized carbons (Fsp3) is 0.316. The molecule has 0 unspecified atom stereocenters. The second kappa shape index (κ2) is 8.68. The minimum atomic E-state index is -3.70. The summed E-state index contributed by atoms with van der Waals surface area (Å²) in [4.78, 5) is 12.2. The number of carbonyl (C=O) groups is 1. The van der Waals surface area contributed by atoms with E-state index in [0.717, 1.165) is 5.56 Å². The van der Waals surface area contributed by atoms with E-state index in [-0.39, 0.29) is 17.5 Å². The second-order valence-electron chi connectivity index (χ2n) is 6.08. The average Bonchev–Trinajstić information content (AvgIpc) is 2.59. The smallest absolute Gasteiger partial charge is 0.338 e. The predicted octanol–water partition coefficient (Wildman–Crippen LogP) is 4.15. The lowest BCUT2D eigenvalue weighted by atomic mass is 10.2. The van der Waals surface area contributed by atoms with Crippen molar-refractivity contribution in [2.24, 2.45) is 0 Å². The molecule has 0 N–H and O–H groups in total. The van der Waals surface area contributed by atoms with Gasteiger partial charge in [-0.3, -0.25) is 4.31 Å². The third-order valence-electron chi connectivity index (χ3n) is 3.63. The summed E-state index contributed by atoms with van der Waals surface area (Å²) in [6.07, 6.45) is -0.214. The van der Waals surface area contributed by atoms with E-state index < -0.39 is 16.0 Å². The maximum atomic E-state index is 13.0. The van der Waals surface area contributed by atoms with E-state index in [4.69, 9.17) is 4.74 Å². The van der Waals surface area contributed by atoms with Gasteiger partial charge in [-0.2, -0.15) is 0 Å². The molecule has 0 radical (unpaired) electrons. The maximum absolute atomic E-state index is 13.0. The van der Waals surface area contributed by atoms with Gasteiger partial charge in [-0.1, -0.05) is 33.6 Å². The average molecular weight is 440 g/mol. The summed E-state index contributed by atoms with van der Waals surface area (Å²) >= 11 is 3.31. The highest BCUT2D eigenvalue weighted by atomic mass is 79.9. The maximum Gasteiger partial charge on any atom is 0.338 e. The predicted molar refractivity (Wildman–Crippen MR) is 106 cm³/mol. The number of halogens is 1. The van der Waals surface area contributed by atoms with E-state index >= 15 is 0 Å². The Morgan fingerprint density at radius 1 is 1.08 bits per heavy atom. The number of sulfonamides is 1. The summed E-state index contributed by atoms with van der Waals surface area (Å²) in [5, 5.41) is 0.481. The van der Waals surface area contributed by atoms with Crippen molar-refractivity contribution in [1.82, 2.24) is 0 Å². The fourth-order valence-corrected chi connectivity index (χ4v) is 4.40. The Hall–Kier alpha value is -1.86. The van der Waals surface area contributed by atoms with Crippen LogP contribution < -0.4 is 4.31 Å². The van der Waals surface area contributed by atoms with Crippen LogP contribution in [0.4, 0.5) is 5.69 Å². The molecule has 0 bridgehead atoms. The number of nitrogens with zero attached hydrogens (tertiary/aromatic N) is 1. The van der Waals surface area contributed by atoms with E-state index in [2.05, 4.69) is 15.9 Å². The molecule has 140 valence electrons. The van der Waals surface area contributed by atoms with Gasteiger partial charge in [-0.25, -0.2) is 13.2 Å². The third-order valence-corrected chi connectivity index (χ3v) is 5.83. The molecular weight excluding hydrogens is 418 g/mol. The Kier molecular flexibility index (Phi) is 6.83. The first-order valence-electron chi connectivity index (χ1n) is 8.22. The number of ether oxygens (including phenoxy) is 1. The zero-order chi connectivity index (χ0) is 19.3. The van der Waals surface area contributed by atoms with Crippen molar-refractivity contribution in [3.8, 4) is 0 Å². The number of anilines is 1. The van der Waals surface area contributed by atoms with Crippen molar-refractivity contribution in [2.45, 2.75) is 31.8 Å². The molecule has 0 atom stereocenters. The van der Waals surface area contributed by atoms with Gasteiger partial charge in [0.05, 0.1) is 22.3 Å². The van der Waals surface area contributed by atoms with Crippen LogP contribution in [0.5, 0.6) is 0 Å². The zero-order valence-corrected chi connectivity index (χ0v) is 17.4. The molecule has 0 aromatic heterocycles. The van der Waals surface area contributed by atoms with Crippen LogP contribution in [-0.2, 0) is 14.8 Å². The molecule has 5 nitrogen and oxygen atoms in total. The number of esters is 1. The number of hydrogen-bond acceptors (Lipinski definition) is 4. The number of carbonyl (C=O) groups excluding carboxylic acids is 1. The van der Waals surface area contributed by atoms with Crippen molar-refractivity contribution < 1.29 is 17.9 Å². The molecule has 2 aromatic rings. The molecule has 2 rings (SSSR count). The lowest BCUT2D eigenvalue weighted by Gasteiger charge is -2.24. The Balaban J connectivity index is 2.34. The standard InChI is InChI=1S/C19H22BrNO4S/c1-14(2)25-19(22)16-6-8-17(9-7-16)21(13-12-20)26(23,24)18-10-4-15(3)5-11-18/h4-11,14H,12-13H2,1-3H3. The molecule has 0 saturated carbocycles. The molecular formula is C19H22BrNO4S. The van der Waals surface area contributed by atoms with Gasteiger partial charge in [0.2, 0.25) is 0 Å². The van der Waals surface area contributed by atoms with Crippen LogP contribution in [0.1, 0.15) is 29.8 Å². The van der Waals surface area contributed by atoms with Gasteiger partial charge in [0.1, 0.15) is 0 Å². The minimum Gasteiger partial charge on any atom is -0.459 e. The summed E-state index contributed by atoms with van der Waals surface area (Å²) in [6, 6.07) is 13.1. The van der Waals surface area contributed by atoms with Crippen molar-refractivity contribution in [2.75, 3.05) is 16.2 Å². The van der Waals surface area contributed by atoms with Gasteiger partial charge in [0, 0.05) is 11.9 Å². The fourth-order valence-electron chi connectivity index (χ4n) is 2.35. The quantitative estimate of drug-likeness (QED) is 0.480. The van der Waals surface area contributed by atoms with Crippen LogP contribution in [0, 0.1) is 6.92 Å². The molecule has 0 saturated heterocycles. The SMILES string of the molecule is Cc1ccc(S(=O)(=O)N(CCBr)c2ccc(C(=O)OC(C)C)cc2)cc1. The van der Waals surface area contributed by atoms with Gasteiger partial charge in [-0.15, -0.1) is 0 Å². The summed E-state index contributed by atoms with van der Waals surface area (Å²) < 4.78 is 32.5. The number of aryl methyl sites for hydroxylation is 1. The van der Waals surface area contributed by atoms with E-state index in [1.165, 1.54) is 4.31 Å². The molecule has 0 aliphatic carbocycles. The number of benzene rings is 2. The van der Waals surface area contributed by atoms with Gasteiger partial charge in [-0.05, 0) is 57.2 Å². The first kappa shape index (κ1) is 20.5. The molecule has 2 aromatic carbocycles. The molecule has 0 amide bonds. The Morgan fingerprint density at radius 3 is 2.15 bits per heavy atom. The second-order valence-corrected chi connectivity index (χ2v) is 8.74. The molecule has 0 aliphatic heterocycles. The summed E-state index contributed by atoms with van der Waals surface area (Å²) in [6.45, 7) is 5.73. The van der Waals surface area contributed by atoms with Gasteiger partial charge < -0.3 is 4.74 Å². The van der Waals surface area contributed by atoms with Crippen LogP contribution in [-0.4, -0.2) is 32.4 Å². The molecule has 0 aliphatic rings. The lowest BCUT2D eigenvalue weighted by Crippen LogP contribution is -2.32. The third kappa shape index (κ3) is 4.86. The lowest BCUT2D eigenvalue weighted by molar-refractivity contribution is 0.0378. The highest BCUT2D eigenvalue weighted by Crippen LogP contribution is 2.25. The molecule has 0 fully saturated rings.